The zero-order chi connectivity index (χ0) is 13.7. The van der Waals surface area contributed by atoms with Crippen LogP contribution in [0, 0.1) is 0 Å². The van der Waals surface area contributed by atoms with Gasteiger partial charge in [0.1, 0.15) is 6.10 Å². The maximum Gasteiger partial charge on any atom is 0.250 e. The van der Waals surface area contributed by atoms with Gasteiger partial charge in [0.2, 0.25) is 5.91 Å². The van der Waals surface area contributed by atoms with Gasteiger partial charge in [0.25, 0.3) is 0 Å². The van der Waals surface area contributed by atoms with Crippen molar-refractivity contribution in [1.29, 1.82) is 0 Å². The van der Waals surface area contributed by atoms with E-state index in [1.807, 2.05) is 0 Å². The summed E-state index contributed by atoms with van der Waals surface area (Å²) >= 11 is 0.912. The minimum Gasteiger partial charge on any atom is -0.389 e. The van der Waals surface area contributed by atoms with Gasteiger partial charge in [-0.05, 0) is 6.07 Å². The minimum atomic E-state index is -1.22. The quantitative estimate of drug-likeness (QED) is 0.686. The molecule has 0 radical (unpaired) electrons. The lowest BCUT2D eigenvalue weighted by atomic mass is 10.1. The predicted octanol–water partition coefficient (Wildman–Crippen LogP) is -0.146. The van der Waals surface area contributed by atoms with Gasteiger partial charge in [0.05, 0.1) is 11.7 Å². The molecule has 4 N–H and O–H groups in total. The Bertz CT molecular complexity index is 452. The van der Waals surface area contributed by atoms with Crippen LogP contribution in [0.4, 0.5) is 0 Å². The number of pyridine rings is 1. The fraction of sp³-hybridized carbons (Fsp3) is 0.364. The van der Waals surface area contributed by atoms with Crippen molar-refractivity contribution in [2.75, 3.05) is 5.75 Å². The highest BCUT2D eigenvalue weighted by Gasteiger charge is 2.20. The van der Waals surface area contributed by atoms with Crippen LogP contribution < -0.4 is 5.73 Å². The molecule has 98 valence electrons. The Morgan fingerprint density at radius 3 is 2.67 bits per heavy atom. The minimum absolute atomic E-state index is 0.0668. The maximum absolute atomic E-state index is 10.9. The molecule has 1 aromatic rings. The van der Waals surface area contributed by atoms with Gasteiger partial charge >= 0.3 is 0 Å². The van der Waals surface area contributed by atoms with Gasteiger partial charge in [-0.3, -0.25) is 14.6 Å². The van der Waals surface area contributed by atoms with E-state index in [-0.39, 0.29) is 22.0 Å². The number of nitrogens with zero attached hydrogens (tertiary/aromatic N) is 1. The summed E-state index contributed by atoms with van der Waals surface area (Å²) in [5, 5.41) is 19.4. The fourth-order valence-electron chi connectivity index (χ4n) is 1.27. The average Bonchev–Trinajstić information content (AvgIpc) is 2.35. The summed E-state index contributed by atoms with van der Waals surface area (Å²) in [7, 11) is 0. The van der Waals surface area contributed by atoms with E-state index in [4.69, 9.17) is 5.73 Å². The lowest BCUT2D eigenvalue weighted by Gasteiger charge is -2.17. The van der Waals surface area contributed by atoms with Crippen molar-refractivity contribution in [2.45, 2.75) is 19.1 Å². The van der Waals surface area contributed by atoms with Crippen LogP contribution >= 0.6 is 11.8 Å². The molecule has 0 aliphatic heterocycles. The molecule has 0 aliphatic rings. The lowest BCUT2D eigenvalue weighted by Crippen LogP contribution is -2.22. The van der Waals surface area contributed by atoms with Crippen molar-refractivity contribution in [3.8, 4) is 0 Å². The molecule has 18 heavy (non-hydrogen) atoms. The van der Waals surface area contributed by atoms with Crippen LogP contribution in [-0.4, -0.2) is 38.1 Å². The molecule has 0 bridgehead atoms. The smallest absolute Gasteiger partial charge is 0.250 e. The van der Waals surface area contributed by atoms with E-state index in [2.05, 4.69) is 4.98 Å². The topological polar surface area (TPSA) is 114 Å². The number of nitrogens with two attached hydrogens (primary N) is 1. The molecule has 0 saturated carbocycles. The van der Waals surface area contributed by atoms with Crippen LogP contribution in [0.25, 0.3) is 0 Å². The first-order valence-corrected chi connectivity index (χ1v) is 6.14. The predicted molar refractivity (Wildman–Crippen MR) is 66.9 cm³/mol. The van der Waals surface area contributed by atoms with Crippen molar-refractivity contribution < 1.29 is 19.8 Å². The number of aromatic nitrogens is 1. The second-order valence-corrected chi connectivity index (χ2v) is 4.88. The highest BCUT2D eigenvalue weighted by atomic mass is 32.2. The third kappa shape index (κ3) is 4.10. The van der Waals surface area contributed by atoms with E-state index in [1.165, 1.54) is 25.4 Å². The molecular formula is C11H14N2O4S. The number of primary amides is 1. The van der Waals surface area contributed by atoms with E-state index in [9.17, 15) is 19.8 Å². The van der Waals surface area contributed by atoms with Gasteiger partial charge < -0.3 is 15.9 Å². The van der Waals surface area contributed by atoms with Crippen LogP contribution in [0.2, 0.25) is 0 Å². The van der Waals surface area contributed by atoms with E-state index >= 15 is 0 Å². The Hall–Kier alpha value is -1.44. The number of thioether (sulfide) groups is 1. The summed E-state index contributed by atoms with van der Waals surface area (Å²) in [4.78, 5) is 25.5. The molecule has 6 nitrogen and oxygen atoms in total. The van der Waals surface area contributed by atoms with Crippen molar-refractivity contribution in [3.05, 3.63) is 29.6 Å². The second-order valence-electron chi connectivity index (χ2n) is 3.69. The monoisotopic (exact) mass is 270 g/mol. The summed E-state index contributed by atoms with van der Waals surface area (Å²) < 4.78 is 0. The first-order valence-electron chi connectivity index (χ1n) is 5.16. The highest BCUT2D eigenvalue weighted by Crippen LogP contribution is 2.20. The van der Waals surface area contributed by atoms with Crippen LogP contribution in [0.5, 0.6) is 0 Å². The Balaban J connectivity index is 2.76. The molecule has 1 aromatic heterocycles. The molecule has 1 rings (SSSR count). The van der Waals surface area contributed by atoms with Gasteiger partial charge in [-0.15, -0.1) is 0 Å². The first kappa shape index (κ1) is 14.6. The Labute approximate surface area is 108 Å². The van der Waals surface area contributed by atoms with Crippen molar-refractivity contribution in [1.82, 2.24) is 4.98 Å². The fourth-order valence-corrected chi connectivity index (χ4v) is 1.86. The number of amides is 1. The molecular weight excluding hydrogens is 256 g/mol. The van der Waals surface area contributed by atoms with Crippen LogP contribution in [0.15, 0.2) is 18.5 Å². The van der Waals surface area contributed by atoms with Gasteiger partial charge in [-0.2, -0.15) is 0 Å². The van der Waals surface area contributed by atoms with E-state index in [0.717, 1.165) is 11.8 Å². The van der Waals surface area contributed by atoms with E-state index < -0.39 is 18.1 Å². The van der Waals surface area contributed by atoms with E-state index in [1.54, 1.807) is 0 Å². The van der Waals surface area contributed by atoms with Crippen molar-refractivity contribution in [3.63, 3.8) is 0 Å². The third-order valence-electron chi connectivity index (χ3n) is 2.21. The van der Waals surface area contributed by atoms with Crippen LogP contribution in [-0.2, 0) is 4.79 Å². The van der Waals surface area contributed by atoms with Gasteiger partial charge in [0, 0.05) is 30.6 Å². The summed E-state index contributed by atoms with van der Waals surface area (Å²) in [6, 6.07) is 1.36. The SMILES string of the molecule is CC(=O)SCC(O)C(O)c1cncc(C(N)=O)c1. The molecule has 2 atom stereocenters. The number of hydrogen-bond donors (Lipinski definition) is 3. The van der Waals surface area contributed by atoms with Crippen molar-refractivity contribution in [2.24, 2.45) is 5.73 Å². The number of carbonyl (C=O) groups is 2. The molecule has 2 unspecified atom stereocenters. The van der Waals surface area contributed by atoms with Crippen LogP contribution in [0.1, 0.15) is 28.9 Å². The number of aliphatic hydroxyl groups excluding tert-OH is 2. The standard InChI is InChI=1S/C11H14N2O4S/c1-6(14)18-5-9(15)10(16)7-2-8(11(12)17)4-13-3-7/h2-4,9-10,15-16H,5H2,1H3,(H2,12,17). The van der Waals surface area contributed by atoms with Gasteiger partial charge in [0.15, 0.2) is 5.12 Å². The Morgan fingerprint density at radius 2 is 2.11 bits per heavy atom. The van der Waals surface area contributed by atoms with Crippen LogP contribution in [0.3, 0.4) is 0 Å². The average molecular weight is 270 g/mol. The molecule has 0 aliphatic carbocycles. The number of aliphatic hydroxyl groups is 2. The normalized spacial score (nSPS) is 13.9. The Morgan fingerprint density at radius 1 is 1.44 bits per heavy atom. The molecule has 0 saturated heterocycles. The summed E-state index contributed by atoms with van der Waals surface area (Å²) in [5.41, 5.74) is 5.52. The summed E-state index contributed by atoms with van der Waals surface area (Å²) in [6.07, 6.45) is 0.265. The molecule has 1 heterocycles. The van der Waals surface area contributed by atoms with E-state index in [0.29, 0.717) is 0 Å². The van der Waals surface area contributed by atoms with Gasteiger partial charge in [-0.1, -0.05) is 11.8 Å². The molecule has 0 fully saturated rings. The zero-order valence-electron chi connectivity index (χ0n) is 9.74. The molecule has 1 amide bonds. The molecule has 0 aromatic carbocycles. The summed E-state index contributed by atoms with van der Waals surface area (Å²) in [6.45, 7) is 1.37. The highest BCUT2D eigenvalue weighted by molar-refractivity contribution is 8.13. The Kier molecular flexibility index (Phi) is 5.26. The maximum atomic E-state index is 10.9. The molecule has 7 heteroatoms. The third-order valence-corrected chi connectivity index (χ3v) is 3.12. The van der Waals surface area contributed by atoms with Gasteiger partial charge in [-0.25, -0.2) is 0 Å². The number of rotatable bonds is 5. The molecule has 0 spiro atoms. The number of carbonyl (C=O) groups excluding carboxylic acids is 2. The zero-order valence-corrected chi connectivity index (χ0v) is 10.6. The van der Waals surface area contributed by atoms with Crippen molar-refractivity contribution >= 4 is 22.8 Å². The lowest BCUT2D eigenvalue weighted by molar-refractivity contribution is -0.109. The largest absolute Gasteiger partial charge is 0.389 e. The number of hydrogen-bond acceptors (Lipinski definition) is 6. The second kappa shape index (κ2) is 6.48. The summed E-state index contributed by atoms with van der Waals surface area (Å²) in [5.74, 6) is -0.596. The first-order chi connectivity index (χ1) is 8.41.